The Morgan fingerprint density at radius 3 is 2.55 bits per heavy atom. The van der Waals surface area contributed by atoms with Crippen LogP contribution in [-0.2, 0) is 20.7 Å². The second kappa shape index (κ2) is 12.6. The van der Waals surface area contributed by atoms with Gasteiger partial charge in [-0.25, -0.2) is 0 Å². The molecule has 33 heavy (non-hydrogen) atoms. The molecule has 1 unspecified atom stereocenters. The van der Waals surface area contributed by atoms with Gasteiger partial charge in [-0.3, -0.25) is 20.3 Å². The van der Waals surface area contributed by atoms with Gasteiger partial charge in [0.1, 0.15) is 0 Å². The number of carboxylic acid groups (broad SMARTS) is 1. The van der Waals surface area contributed by atoms with Gasteiger partial charge in [0.2, 0.25) is 5.91 Å². The Morgan fingerprint density at radius 1 is 1.15 bits per heavy atom. The summed E-state index contributed by atoms with van der Waals surface area (Å²) in [7, 11) is 0. The number of rotatable bonds is 10. The van der Waals surface area contributed by atoms with Crippen LogP contribution >= 0.6 is 0 Å². The monoisotopic (exact) mass is 459 g/mol. The lowest BCUT2D eigenvalue weighted by molar-refractivity contribution is -0.139. The molecule has 9 heteroatoms. The zero-order chi connectivity index (χ0) is 23.6. The number of hydrogen-bond acceptors (Lipinski definition) is 5. The van der Waals surface area contributed by atoms with Crippen molar-refractivity contribution in [2.75, 3.05) is 32.8 Å². The lowest BCUT2D eigenvalue weighted by atomic mass is 9.97. The molecule has 2 fully saturated rings. The standard InChI is InChI=1S/C24H37N5O4/c25-24(26)28-13-9-20(10-14-28)33-15-11-19-8-4-5-12-29(19)23(32)21(27-17-22(30)31)16-18-6-2-1-3-7-18/h1-3,6-7,19-21,27H,4-5,8-17H2,(H3,25,26)(H,30,31)/t19?,21-/m1/s1. The van der Waals surface area contributed by atoms with Crippen LogP contribution in [0.1, 0.15) is 44.1 Å². The molecule has 2 aliphatic rings. The first-order chi connectivity index (χ1) is 15.9. The molecular weight excluding hydrogens is 422 g/mol. The van der Waals surface area contributed by atoms with Crippen molar-refractivity contribution in [3.63, 3.8) is 0 Å². The molecule has 0 aliphatic carbocycles. The summed E-state index contributed by atoms with van der Waals surface area (Å²) in [6, 6.07) is 9.24. The Labute approximate surface area is 195 Å². The van der Waals surface area contributed by atoms with Gasteiger partial charge in [-0.15, -0.1) is 0 Å². The van der Waals surface area contributed by atoms with Crippen LogP contribution in [0, 0.1) is 5.41 Å². The van der Waals surface area contributed by atoms with Crippen molar-refractivity contribution in [2.45, 2.75) is 63.1 Å². The maximum atomic E-state index is 13.5. The zero-order valence-corrected chi connectivity index (χ0v) is 19.2. The van der Waals surface area contributed by atoms with E-state index in [1.165, 1.54) is 0 Å². The highest BCUT2D eigenvalue weighted by Gasteiger charge is 2.32. The molecule has 0 spiro atoms. The van der Waals surface area contributed by atoms with Crippen molar-refractivity contribution in [2.24, 2.45) is 5.73 Å². The Morgan fingerprint density at radius 2 is 1.88 bits per heavy atom. The maximum absolute atomic E-state index is 13.5. The summed E-state index contributed by atoms with van der Waals surface area (Å²) in [6.45, 7) is 2.52. The number of nitrogens with one attached hydrogen (secondary N) is 2. The van der Waals surface area contributed by atoms with Gasteiger partial charge >= 0.3 is 5.97 Å². The summed E-state index contributed by atoms with van der Waals surface area (Å²) in [4.78, 5) is 28.4. The number of likely N-dealkylation sites (tertiary alicyclic amines) is 2. The number of carboxylic acids is 1. The van der Waals surface area contributed by atoms with Crippen molar-refractivity contribution in [1.29, 1.82) is 5.41 Å². The quantitative estimate of drug-likeness (QED) is 0.307. The molecule has 0 bridgehead atoms. The summed E-state index contributed by atoms with van der Waals surface area (Å²) >= 11 is 0. The number of guanidine groups is 1. The van der Waals surface area contributed by atoms with Crippen molar-refractivity contribution in [1.82, 2.24) is 15.1 Å². The predicted molar refractivity (Wildman–Crippen MR) is 126 cm³/mol. The summed E-state index contributed by atoms with van der Waals surface area (Å²) < 4.78 is 6.11. The first-order valence-corrected chi connectivity index (χ1v) is 11.9. The molecule has 2 saturated heterocycles. The minimum Gasteiger partial charge on any atom is -0.480 e. The molecule has 1 aromatic carbocycles. The Hall–Kier alpha value is -2.65. The summed E-state index contributed by atoms with van der Waals surface area (Å²) in [6.07, 6.45) is 6.08. The maximum Gasteiger partial charge on any atom is 0.317 e. The molecular formula is C24H37N5O4. The van der Waals surface area contributed by atoms with Gasteiger partial charge in [-0.1, -0.05) is 30.3 Å². The molecule has 3 rings (SSSR count). The first kappa shape index (κ1) is 25.0. The molecule has 182 valence electrons. The van der Waals surface area contributed by atoms with Crippen LogP contribution < -0.4 is 11.1 Å². The van der Waals surface area contributed by atoms with E-state index in [9.17, 15) is 9.59 Å². The summed E-state index contributed by atoms with van der Waals surface area (Å²) in [5, 5.41) is 19.6. The van der Waals surface area contributed by atoms with E-state index in [-0.39, 0.29) is 30.6 Å². The minimum atomic E-state index is -0.972. The summed E-state index contributed by atoms with van der Waals surface area (Å²) in [5.74, 6) is -0.883. The number of ether oxygens (including phenoxy) is 1. The minimum absolute atomic E-state index is 0.0282. The number of hydrogen-bond donors (Lipinski definition) is 4. The first-order valence-electron chi connectivity index (χ1n) is 11.9. The van der Waals surface area contributed by atoms with Crippen LogP contribution in [0.4, 0.5) is 0 Å². The highest BCUT2D eigenvalue weighted by molar-refractivity contribution is 5.83. The molecule has 2 aliphatic heterocycles. The highest BCUT2D eigenvalue weighted by atomic mass is 16.5. The SMILES string of the molecule is N=C(N)N1CCC(OCCC2CCCCN2C(=O)[C@@H](Cc2ccccc2)NCC(=O)O)CC1. The summed E-state index contributed by atoms with van der Waals surface area (Å²) in [5.41, 5.74) is 6.56. The molecule has 0 saturated carbocycles. The third-order valence-electron chi connectivity index (χ3n) is 6.58. The van der Waals surface area contributed by atoms with E-state index >= 15 is 0 Å². The Kier molecular flexibility index (Phi) is 9.50. The van der Waals surface area contributed by atoms with Crippen LogP contribution in [0.25, 0.3) is 0 Å². The predicted octanol–water partition coefficient (Wildman–Crippen LogP) is 1.42. The van der Waals surface area contributed by atoms with E-state index in [1.54, 1.807) is 0 Å². The molecule has 9 nitrogen and oxygen atoms in total. The van der Waals surface area contributed by atoms with Crippen molar-refractivity contribution >= 4 is 17.8 Å². The zero-order valence-electron chi connectivity index (χ0n) is 19.2. The van der Waals surface area contributed by atoms with Crippen LogP contribution in [0.3, 0.4) is 0 Å². The molecule has 1 aromatic rings. The number of aliphatic carboxylic acids is 1. The van der Waals surface area contributed by atoms with Crippen LogP contribution in [0.5, 0.6) is 0 Å². The number of nitrogens with two attached hydrogens (primary N) is 1. The number of amides is 1. The van der Waals surface area contributed by atoms with Gasteiger partial charge in [0.15, 0.2) is 5.96 Å². The fraction of sp³-hybridized carbons (Fsp3) is 0.625. The van der Waals surface area contributed by atoms with Gasteiger partial charge in [-0.05, 0) is 50.5 Å². The Bertz CT molecular complexity index is 782. The second-order valence-electron chi connectivity index (χ2n) is 8.93. The number of piperidine rings is 2. The number of benzene rings is 1. The van der Waals surface area contributed by atoms with E-state index in [1.807, 2.05) is 40.1 Å². The average Bonchev–Trinajstić information content (AvgIpc) is 2.82. The van der Waals surface area contributed by atoms with Gasteiger partial charge < -0.3 is 25.4 Å². The van der Waals surface area contributed by atoms with Crippen molar-refractivity contribution in [3.8, 4) is 0 Å². The van der Waals surface area contributed by atoms with E-state index in [0.29, 0.717) is 19.6 Å². The lowest BCUT2D eigenvalue weighted by Gasteiger charge is -2.38. The van der Waals surface area contributed by atoms with Crippen LogP contribution in [0.2, 0.25) is 0 Å². The Balaban J connectivity index is 1.55. The largest absolute Gasteiger partial charge is 0.480 e. The van der Waals surface area contributed by atoms with Gasteiger partial charge in [0, 0.05) is 32.3 Å². The average molecular weight is 460 g/mol. The van der Waals surface area contributed by atoms with Crippen LogP contribution in [-0.4, -0.2) is 83.7 Å². The van der Waals surface area contributed by atoms with E-state index in [4.69, 9.17) is 21.0 Å². The lowest BCUT2D eigenvalue weighted by Crippen LogP contribution is -2.54. The third kappa shape index (κ3) is 7.71. The molecule has 0 radical (unpaired) electrons. The topological polar surface area (TPSA) is 132 Å². The van der Waals surface area contributed by atoms with E-state index < -0.39 is 12.0 Å². The van der Waals surface area contributed by atoms with Gasteiger partial charge in [0.05, 0.1) is 18.7 Å². The fourth-order valence-electron chi connectivity index (χ4n) is 4.73. The second-order valence-corrected chi connectivity index (χ2v) is 8.93. The van der Waals surface area contributed by atoms with Crippen molar-refractivity contribution < 1.29 is 19.4 Å². The molecule has 0 aromatic heterocycles. The number of carbonyl (C=O) groups excluding carboxylic acids is 1. The fourth-order valence-corrected chi connectivity index (χ4v) is 4.73. The highest BCUT2D eigenvalue weighted by Crippen LogP contribution is 2.22. The molecule has 5 N–H and O–H groups in total. The third-order valence-corrected chi connectivity index (χ3v) is 6.58. The molecule has 2 heterocycles. The molecule has 1 amide bonds. The number of nitrogens with zero attached hydrogens (tertiary/aromatic N) is 2. The van der Waals surface area contributed by atoms with Crippen molar-refractivity contribution in [3.05, 3.63) is 35.9 Å². The number of carbonyl (C=O) groups is 2. The van der Waals surface area contributed by atoms with Crippen LogP contribution in [0.15, 0.2) is 30.3 Å². The molecule has 2 atom stereocenters. The van der Waals surface area contributed by atoms with E-state index in [0.717, 1.165) is 57.2 Å². The van der Waals surface area contributed by atoms with Gasteiger partial charge in [0.25, 0.3) is 0 Å². The normalized spacial score (nSPS) is 20.4. The van der Waals surface area contributed by atoms with E-state index in [2.05, 4.69) is 5.32 Å². The smallest absolute Gasteiger partial charge is 0.317 e. The van der Waals surface area contributed by atoms with Gasteiger partial charge in [-0.2, -0.15) is 0 Å².